The first kappa shape index (κ1) is 21.5. The van der Waals surface area contributed by atoms with Crippen molar-refractivity contribution in [3.8, 4) is 11.3 Å². The zero-order chi connectivity index (χ0) is 21.6. The topological polar surface area (TPSA) is 22.1 Å². The summed E-state index contributed by atoms with van der Waals surface area (Å²) in [5, 5.41) is 2.25. The van der Waals surface area contributed by atoms with Crippen LogP contribution in [0.2, 0.25) is 5.02 Å². The third-order valence-electron chi connectivity index (χ3n) is 5.56. The number of pyridine rings is 1. The lowest BCUT2D eigenvalue weighted by molar-refractivity contribution is 0.195. The maximum atomic E-state index is 15.1. The smallest absolute Gasteiger partial charge is 0.134 e. The van der Waals surface area contributed by atoms with Gasteiger partial charge in [0.1, 0.15) is 5.82 Å². The lowest BCUT2D eigenvalue weighted by atomic mass is 9.98. The molecule has 31 heavy (non-hydrogen) atoms. The number of hydrogen-bond acceptors (Lipinski definition) is 2. The summed E-state index contributed by atoms with van der Waals surface area (Å²) in [7, 11) is 1.71. The first-order valence-corrected chi connectivity index (χ1v) is 10.9. The molecular weight excluding hydrogens is 409 g/mol. The van der Waals surface area contributed by atoms with Crippen molar-refractivity contribution in [1.82, 2.24) is 4.98 Å². The van der Waals surface area contributed by atoms with Gasteiger partial charge in [-0.05, 0) is 72.0 Å². The highest BCUT2D eigenvalue weighted by Gasteiger charge is 2.10. The van der Waals surface area contributed by atoms with Crippen molar-refractivity contribution >= 4 is 22.4 Å². The van der Waals surface area contributed by atoms with Gasteiger partial charge in [-0.25, -0.2) is 4.39 Å². The van der Waals surface area contributed by atoms with Crippen molar-refractivity contribution in [3.63, 3.8) is 0 Å². The van der Waals surface area contributed by atoms with Crippen LogP contribution in [0.4, 0.5) is 4.39 Å². The highest BCUT2D eigenvalue weighted by molar-refractivity contribution is 6.30. The van der Waals surface area contributed by atoms with Gasteiger partial charge < -0.3 is 4.74 Å². The molecule has 0 radical (unpaired) electrons. The van der Waals surface area contributed by atoms with Crippen LogP contribution in [0.5, 0.6) is 0 Å². The van der Waals surface area contributed by atoms with Gasteiger partial charge in [0, 0.05) is 35.9 Å². The second kappa shape index (κ2) is 10.0. The second-order valence-electron chi connectivity index (χ2n) is 7.75. The maximum Gasteiger partial charge on any atom is 0.134 e. The molecule has 0 aliphatic heterocycles. The van der Waals surface area contributed by atoms with Gasteiger partial charge in [0.25, 0.3) is 0 Å². The Kier molecular flexibility index (Phi) is 6.96. The average Bonchev–Trinajstić information content (AvgIpc) is 2.80. The number of ether oxygens (including phenoxy) is 1. The summed E-state index contributed by atoms with van der Waals surface area (Å²) in [4.78, 5) is 4.60. The number of fused-ring (bicyclic) bond motifs is 1. The SMILES string of the molecule is COCCCc1ccc(-c2ccc3c(F)c(CCc4ccc(Cl)cc4)ccc3c2)nc1. The fraction of sp³-hybridized carbons (Fsp3) is 0.222. The van der Waals surface area contributed by atoms with E-state index in [0.29, 0.717) is 16.8 Å². The van der Waals surface area contributed by atoms with E-state index in [4.69, 9.17) is 16.3 Å². The third kappa shape index (κ3) is 5.30. The quantitative estimate of drug-likeness (QED) is 0.277. The summed E-state index contributed by atoms with van der Waals surface area (Å²) < 4.78 is 20.2. The Balaban J connectivity index is 1.50. The van der Waals surface area contributed by atoms with Gasteiger partial charge >= 0.3 is 0 Å². The molecule has 158 valence electrons. The van der Waals surface area contributed by atoms with Crippen molar-refractivity contribution in [2.45, 2.75) is 25.7 Å². The Hall–Kier alpha value is -2.75. The number of aromatic nitrogens is 1. The van der Waals surface area contributed by atoms with Crippen LogP contribution in [0, 0.1) is 5.82 Å². The monoisotopic (exact) mass is 433 g/mol. The number of nitrogens with zero attached hydrogens (tertiary/aromatic N) is 1. The molecular formula is C27H25ClFNO. The molecule has 0 saturated carbocycles. The number of benzene rings is 3. The summed E-state index contributed by atoms with van der Waals surface area (Å²) in [6.07, 6.45) is 5.27. The fourth-order valence-corrected chi connectivity index (χ4v) is 3.91. The van der Waals surface area contributed by atoms with Crippen LogP contribution < -0.4 is 0 Å². The molecule has 3 aromatic carbocycles. The third-order valence-corrected chi connectivity index (χ3v) is 5.82. The van der Waals surface area contributed by atoms with E-state index >= 15 is 4.39 Å². The number of aryl methyl sites for hydroxylation is 3. The summed E-state index contributed by atoms with van der Waals surface area (Å²) in [6, 6.07) is 21.6. The minimum atomic E-state index is -0.139. The first-order valence-electron chi connectivity index (χ1n) is 10.5. The highest BCUT2D eigenvalue weighted by atomic mass is 35.5. The predicted molar refractivity (Wildman–Crippen MR) is 126 cm³/mol. The molecule has 0 fully saturated rings. The number of methoxy groups -OCH3 is 1. The van der Waals surface area contributed by atoms with Crippen LogP contribution in [0.25, 0.3) is 22.0 Å². The summed E-state index contributed by atoms with van der Waals surface area (Å²) in [6.45, 7) is 0.750. The number of hydrogen-bond donors (Lipinski definition) is 0. The van der Waals surface area contributed by atoms with E-state index in [0.717, 1.165) is 53.6 Å². The molecule has 1 heterocycles. The van der Waals surface area contributed by atoms with E-state index in [1.807, 2.05) is 66.9 Å². The minimum absolute atomic E-state index is 0.139. The molecule has 2 nitrogen and oxygen atoms in total. The van der Waals surface area contributed by atoms with Gasteiger partial charge in [0.15, 0.2) is 0 Å². The molecule has 4 aromatic rings. The number of rotatable bonds is 8. The fourth-order valence-electron chi connectivity index (χ4n) is 3.78. The number of halogens is 2. The lowest BCUT2D eigenvalue weighted by Gasteiger charge is -2.09. The van der Waals surface area contributed by atoms with Gasteiger partial charge in [-0.15, -0.1) is 0 Å². The molecule has 0 atom stereocenters. The highest BCUT2D eigenvalue weighted by Crippen LogP contribution is 2.27. The Morgan fingerprint density at radius 2 is 1.68 bits per heavy atom. The van der Waals surface area contributed by atoms with E-state index in [9.17, 15) is 0 Å². The van der Waals surface area contributed by atoms with E-state index in [1.165, 1.54) is 5.56 Å². The molecule has 0 unspecified atom stereocenters. The van der Waals surface area contributed by atoms with Crippen LogP contribution in [0.1, 0.15) is 23.1 Å². The Morgan fingerprint density at radius 1 is 0.871 bits per heavy atom. The van der Waals surface area contributed by atoms with E-state index in [2.05, 4.69) is 11.1 Å². The van der Waals surface area contributed by atoms with Gasteiger partial charge in [-0.1, -0.05) is 54.1 Å². The molecule has 1 aromatic heterocycles. The van der Waals surface area contributed by atoms with Crippen molar-refractivity contribution in [3.05, 3.63) is 100 Å². The molecule has 0 spiro atoms. The summed E-state index contributed by atoms with van der Waals surface area (Å²) in [5.41, 5.74) is 4.96. The van der Waals surface area contributed by atoms with Crippen LogP contribution in [0.15, 0.2) is 72.9 Å². The van der Waals surface area contributed by atoms with E-state index in [1.54, 1.807) is 7.11 Å². The predicted octanol–water partition coefficient (Wildman–Crippen LogP) is 7.06. The minimum Gasteiger partial charge on any atom is -0.385 e. The van der Waals surface area contributed by atoms with Crippen LogP contribution >= 0.6 is 11.6 Å². The molecule has 0 N–H and O–H groups in total. The second-order valence-corrected chi connectivity index (χ2v) is 8.19. The molecule has 0 aliphatic carbocycles. The van der Waals surface area contributed by atoms with Gasteiger partial charge in [0.2, 0.25) is 0 Å². The van der Waals surface area contributed by atoms with Gasteiger partial charge in [0.05, 0.1) is 5.69 Å². The average molecular weight is 434 g/mol. The van der Waals surface area contributed by atoms with Gasteiger partial charge in [-0.3, -0.25) is 4.98 Å². The summed E-state index contributed by atoms with van der Waals surface area (Å²) >= 11 is 5.94. The van der Waals surface area contributed by atoms with Crippen molar-refractivity contribution < 1.29 is 9.13 Å². The molecule has 0 saturated heterocycles. The Bertz CT molecular complexity index is 1160. The van der Waals surface area contributed by atoms with E-state index in [-0.39, 0.29) is 5.82 Å². The Morgan fingerprint density at radius 3 is 2.42 bits per heavy atom. The molecule has 4 heteroatoms. The zero-order valence-electron chi connectivity index (χ0n) is 17.6. The normalized spacial score (nSPS) is 11.2. The lowest BCUT2D eigenvalue weighted by Crippen LogP contribution is -1.96. The molecule has 0 amide bonds. The maximum absolute atomic E-state index is 15.1. The van der Waals surface area contributed by atoms with Crippen LogP contribution in [0.3, 0.4) is 0 Å². The largest absolute Gasteiger partial charge is 0.385 e. The van der Waals surface area contributed by atoms with E-state index < -0.39 is 0 Å². The first-order chi connectivity index (χ1) is 15.1. The van der Waals surface area contributed by atoms with Crippen LogP contribution in [-0.4, -0.2) is 18.7 Å². The molecule has 0 aliphatic rings. The molecule has 4 rings (SSSR count). The van der Waals surface area contributed by atoms with Gasteiger partial charge in [-0.2, -0.15) is 0 Å². The zero-order valence-corrected chi connectivity index (χ0v) is 18.3. The Labute approximate surface area is 187 Å². The van der Waals surface area contributed by atoms with Crippen molar-refractivity contribution in [2.24, 2.45) is 0 Å². The summed E-state index contributed by atoms with van der Waals surface area (Å²) in [5.74, 6) is -0.139. The van der Waals surface area contributed by atoms with Crippen molar-refractivity contribution in [2.75, 3.05) is 13.7 Å². The van der Waals surface area contributed by atoms with Crippen LogP contribution in [-0.2, 0) is 24.0 Å². The molecule has 0 bridgehead atoms. The van der Waals surface area contributed by atoms with Crippen molar-refractivity contribution in [1.29, 1.82) is 0 Å². The standard InChI is InChI=1S/C27H25ClFNO/c1-31-16-2-3-20-7-15-26(30-18-20)23-11-14-25-22(17-23)10-9-21(27(25)29)8-4-19-5-12-24(28)13-6-19/h5-7,9-15,17-18H,2-4,8,16H2,1H3.